The highest BCUT2D eigenvalue weighted by Crippen LogP contribution is 2.40. The Kier molecular flexibility index (Phi) is 4.27. The number of piperidine rings is 1. The highest BCUT2D eigenvalue weighted by molar-refractivity contribution is 6.99. The molecular formula is C18H19N3OS. The summed E-state index contributed by atoms with van der Waals surface area (Å²) in [6.45, 7) is 3.88. The maximum absolute atomic E-state index is 5.80. The van der Waals surface area contributed by atoms with Crippen molar-refractivity contribution in [2.75, 3.05) is 26.2 Å². The van der Waals surface area contributed by atoms with Crippen molar-refractivity contribution in [3.05, 3.63) is 41.6 Å². The van der Waals surface area contributed by atoms with Crippen molar-refractivity contribution >= 4 is 11.7 Å². The molecule has 0 amide bonds. The van der Waals surface area contributed by atoms with Gasteiger partial charge in [0.15, 0.2) is 6.61 Å². The van der Waals surface area contributed by atoms with Gasteiger partial charge >= 0.3 is 0 Å². The van der Waals surface area contributed by atoms with Crippen LogP contribution in [0.25, 0.3) is 0 Å². The van der Waals surface area contributed by atoms with Crippen molar-refractivity contribution in [2.24, 2.45) is 5.92 Å². The maximum atomic E-state index is 5.80. The van der Waals surface area contributed by atoms with Crippen molar-refractivity contribution < 1.29 is 4.74 Å². The van der Waals surface area contributed by atoms with Crippen LogP contribution in [-0.4, -0.2) is 39.9 Å². The van der Waals surface area contributed by atoms with E-state index in [1.165, 1.54) is 37.7 Å². The van der Waals surface area contributed by atoms with Gasteiger partial charge in [-0.1, -0.05) is 30.0 Å². The van der Waals surface area contributed by atoms with E-state index in [0.717, 1.165) is 17.8 Å². The summed E-state index contributed by atoms with van der Waals surface area (Å²) in [5.41, 5.74) is 2.05. The smallest absolute Gasteiger partial charge is 0.250 e. The Labute approximate surface area is 140 Å². The molecule has 4 nitrogen and oxygen atoms in total. The number of fused-ring (bicyclic) bond motifs is 2. The summed E-state index contributed by atoms with van der Waals surface area (Å²) < 4.78 is 14.7. The lowest BCUT2D eigenvalue weighted by molar-refractivity contribution is 0.269. The first kappa shape index (κ1) is 14.7. The highest BCUT2D eigenvalue weighted by atomic mass is 32.1. The van der Waals surface area contributed by atoms with E-state index in [1.54, 1.807) is 0 Å². The van der Waals surface area contributed by atoms with Gasteiger partial charge in [-0.25, -0.2) is 0 Å². The van der Waals surface area contributed by atoms with E-state index >= 15 is 0 Å². The van der Waals surface area contributed by atoms with Crippen LogP contribution >= 0.6 is 11.7 Å². The molecule has 0 aliphatic carbocycles. The first-order valence-electron chi connectivity index (χ1n) is 8.11. The number of rotatable bonds is 3. The van der Waals surface area contributed by atoms with E-state index in [-0.39, 0.29) is 0 Å². The molecule has 1 aromatic carbocycles. The number of hydrogen-bond acceptors (Lipinski definition) is 5. The molecular weight excluding hydrogens is 306 g/mol. The van der Waals surface area contributed by atoms with Gasteiger partial charge in [-0.15, -0.1) is 4.37 Å². The minimum absolute atomic E-state index is 0.356. The molecule has 23 heavy (non-hydrogen) atoms. The average molecular weight is 325 g/mol. The van der Waals surface area contributed by atoms with Gasteiger partial charge in [-0.3, -0.25) is 0 Å². The maximum Gasteiger partial charge on any atom is 0.250 e. The Morgan fingerprint density at radius 2 is 2.13 bits per heavy atom. The topological polar surface area (TPSA) is 38.3 Å². The normalized spacial score (nSPS) is 25.7. The third-order valence-corrected chi connectivity index (χ3v) is 5.21. The summed E-state index contributed by atoms with van der Waals surface area (Å²) >= 11 is 1.25. The second-order valence-electron chi connectivity index (χ2n) is 6.18. The van der Waals surface area contributed by atoms with Crippen molar-refractivity contribution in [3.63, 3.8) is 0 Å². The van der Waals surface area contributed by atoms with Crippen LogP contribution in [0, 0.1) is 17.8 Å². The molecule has 0 radical (unpaired) electrons. The first-order chi connectivity index (χ1) is 11.4. The van der Waals surface area contributed by atoms with Gasteiger partial charge in [0, 0.05) is 24.6 Å². The largest absolute Gasteiger partial charge is 0.463 e. The molecule has 3 heterocycles. The fourth-order valence-corrected chi connectivity index (χ4v) is 4.16. The van der Waals surface area contributed by atoms with Gasteiger partial charge in [0.2, 0.25) is 5.88 Å². The molecule has 3 atom stereocenters. The Hall–Kier alpha value is -1.90. The lowest BCUT2D eigenvalue weighted by Gasteiger charge is -2.21. The van der Waals surface area contributed by atoms with Crippen LogP contribution in [0.1, 0.15) is 30.0 Å². The Balaban J connectivity index is 1.41. The molecule has 1 aromatic heterocycles. The molecule has 0 spiro atoms. The van der Waals surface area contributed by atoms with Crippen LogP contribution in [0.4, 0.5) is 0 Å². The van der Waals surface area contributed by atoms with Gasteiger partial charge in [-0.2, -0.15) is 4.37 Å². The van der Waals surface area contributed by atoms with Crippen molar-refractivity contribution in [1.29, 1.82) is 0 Å². The van der Waals surface area contributed by atoms with Crippen LogP contribution < -0.4 is 4.74 Å². The van der Waals surface area contributed by atoms with Crippen LogP contribution in [0.5, 0.6) is 5.88 Å². The summed E-state index contributed by atoms with van der Waals surface area (Å²) in [5.74, 6) is 8.05. The number of nitrogens with zero attached hydrogens (tertiary/aromatic N) is 3. The standard InChI is InChI=1S/C18H19N3OS/c1-2-6-14(7-3-1)8-5-11-22-18-17(19-23-20-18)16-13-21-10-4-9-15(16)12-21/h1-3,6-7,15-16H,4,9-13H2/t15-,16-/m1/s1. The summed E-state index contributed by atoms with van der Waals surface area (Å²) in [6.07, 6.45) is 2.60. The third-order valence-electron chi connectivity index (χ3n) is 4.69. The Morgan fingerprint density at radius 1 is 1.22 bits per heavy atom. The molecule has 2 aromatic rings. The average Bonchev–Trinajstić information content (AvgIpc) is 3.16. The lowest BCUT2D eigenvalue weighted by atomic mass is 9.89. The quantitative estimate of drug-likeness (QED) is 0.814. The van der Waals surface area contributed by atoms with Gasteiger partial charge in [0.25, 0.3) is 0 Å². The zero-order valence-electron chi connectivity index (χ0n) is 12.9. The minimum Gasteiger partial charge on any atom is -0.463 e. The predicted molar refractivity (Wildman–Crippen MR) is 90.6 cm³/mol. The molecule has 2 aliphatic rings. The van der Waals surface area contributed by atoms with Gasteiger partial charge in [-0.05, 0) is 37.4 Å². The van der Waals surface area contributed by atoms with Gasteiger partial charge in [0.1, 0.15) is 5.69 Å². The molecule has 4 rings (SSSR count). The summed E-state index contributed by atoms with van der Waals surface area (Å²) in [4.78, 5) is 2.54. The number of benzene rings is 1. The van der Waals surface area contributed by atoms with E-state index in [4.69, 9.17) is 4.74 Å². The molecule has 2 saturated heterocycles. The summed E-state index contributed by atoms with van der Waals surface area (Å²) in [5, 5.41) is 0. The minimum atomic E-state index is 0.356. The van der Waals surface area contributed by atoms with E-state index in [9.17, 15) is 0 Å². The molecule has 0 saturated carbocycles. The van der Waals surface area contributed by atoms with E-state index in [1.807, 2.05) is 30.3 Å². The van der Waals surface area contributed by atoms with Crippen LogP contribution in [0.3, 0.4) is 0 Å². The fraction of sp³-hybridized carbons (Fsp3) is 0.444. The molecule has 2 bridgehead atoms. The highest BCUT2D eigenvalue weighted by Gasteiger charge is 2.39. The SMILES string of the molecule is C(#Cc1ccccc1)COc1nsnc1[C@@H]1CN2CCC[C@@H]1C2. The van der Waals surface area contributed by atoms with Crippen LogP contribution in [0.15, 0.2) is 30.3 Å². The third kappa shape index (κ3) is 3.24. The van der Waals surface area contributed by atoms with E-state index < -0.39 is 0 Å². The fourth-order valence-electron chi connectivity index (χ4n) is 3.60. The number of ether oxygens (including phenoxy) is 1. The molecule has 0 N–H and O–H groups in total. The predicted octanol–water partition coefficient (Wildman–Crippen LogP) is 2.78. The Morgan fingerprint density at radius 3 is 3.00 bits per heavy atom. The van der Waals surface area contributed by atoms with Crippen molar-refractivity contribution in [1.82, 2.24) is 13.6 Å². The molecule has 5 heteroatoms. The molecule has 118 valence electrons. The summed E-state index contributed by atoms with van der Waals surface area (Å²) in [7, 11) is 0. The molecule has 1 unspecified atom stereocenters. The molecule has 2 fully saturated rings. The lowest BCUT2D eigenvalue weighted by Crippen LogP contribution is -2.25. The summed E-state index contributed by atoms with van der Waals surface area (Å²) in [6, 6.07) is 9.95. The number of aromatic nitrogens is 2. The van der Waals surface area contributed by atoms with Crippen molar-refractivity contribution in [3.8, 4) is 17.7 Å². The van der Waals surface area contributed by atoms with Gasteiger partial charge < -0.3 is 9.64 Å². The second-order valence-corrected chi connectivity index (χ2v) is 6.71. The number of hydrogen-bond donors (Lipinski definition) is 0. The van der Waals surface area contributed by atoms with Gasteiger partial charge in [0.05, 0.1) is 11.7 Å². The van der Waals surface area contributed by atoms with Crippen LogP contribution in [0.2, 0.25) is 0 Å². The zero-order chi connectivity index (χ0) is 15.5. The first-order valence-corrected chi connectivity index (χ1v) is 8.85. The van der Waals surface area contributed by atoms with E-state index in [2.05, 4.69) is 25.5 Å². The van der Waals surface area contributed by atoms with E-state index in [0.29, 0.717) is 24.3 Å². The molecule has 2 aliphatic heterocycles. The second kappa shape index (κ2) is 6.69. The Bertz CT molecular complexity index is 719. The van der Waals surface area contributed by atoms with Crippen LogP contribution in [-0.2, 0) is 0 Å². The van der Waals surface area contributed by atoms with Crippen molar-refractivity contribution in [2.45, 2.75) is 18.8 Å². The zero-order valence-corrected chi connectivity index (χ0v) is 13.8. The monoisotopic (exact) mass is 325 g/mol.